The second-order valence-electron chi connectivity index (χ2n) is 9.00. The van der Waals surface area contributed by atoms with Gasteiger partial charge in [0.05, 0.1) is 24.2 Å². The second-order valence-corrected chi connectivity index (χ2v) is 9.44. The first-order chi connectivity index (χ1) is 17.9. The zero-order valence-electron chi connectivity index (χ0n) is 20.8. The summed E-state index contributed by atoms with van der Waals surface area (Å²) < 4.78 is 23.6. The highest BCUT2D eigenvalue weighted by molar-refractivity contribution is 6.30. The molecule has 0 saturated heterocycles. The van der Waals surface area contributed by atoms with Crippen LogP contribution in [-0.4, -0.2) is 25.6 Å². The van der Waals surface area contributed by atoms with E-state index in [-0.39, 0.29) is 17.8 Å². The van der Waals surface area contributed by atoms with Crippen LogP contribution in [0.15, 0.2) is 63.8 Å². The number of Topliss-reactive ketones (excluding diaryl/α,β-unsaturated/α-hetero) is 1. The third-order valence-corrected chi connectivity index (χ3v) is 6.58. The van der Waals surface area contributed by atoms with Crippen molar-refractivity contribution in [1.82, 2.24) is 0 Å². The minimum atomic E-state index is -0.165. The summed E-state index contributed by atoms with van der Waals surface area (Å²) in [7, 11) is 0. The van der Waals surface area contributed by atoms with Gasteiger partial charge in [-0.1, -0.05) is 31.0 Å². The third kappa shape index (κ3) is 5.20. The molecule has 37 heavy (non-hydrogen) atoms. The van der Waals surface area contributed by atoms with Crippen LogP contribution in [0.3, 0.4) is 0 Å². The van der Waals surface area contributed by atoms with Crippen molar-refractivity contribution in [3.8, 4) is 28.4 Å². The number of rotatable bonds is 7. The number of aryl methyl sites for hydroxylation is 2. The Balaban J connectivity index is 1.51. The van der Waals surface area contributed by atoms with E-state index in [2.05, 4.69) is 0 Å². The molecule has 0 unspecified atom stereocenters. The van der Waals surface area contributed by atoms with E-state index in [1.807, 2.05) is 31.2 Å². The molecule has 0 atom stereocenters. The van der Waals surface area contributed by atoms with E-state index < -0.39 is 0 Å². The standard InChI is InChI=1S/C30H27ClO6/c1-3-5-20-14-23-27(16-26(20)36-17-24(32)19-6-9-22(31)10-7-19)37-18(2)29(30(23)33)21-8-11-25-28(15-21)35-13-4-12-34-25/h6-11,14-16H,3-5,12-13,17H2,1-2H3. The van der Waals surface area contributed by atoms with Gasteiger partial charge in [0, 0.05) is 23.1 Å². The topological polar surface area (TPSA) is 75.0 Å². The van der Waals surface area contributed by atoms with Crippen molar-refractivity contribution in [2.75, 3.05) is 19.8 Å². The predicted octanol–water partition coefficient (Wildman–Crippen LogP) is 6.80. The molecular formula is C30H27ClO6. The minimum Gasteiger partial charge on any atom is -0.490 e. The summed E-state index contributed by atoms with van der Waals surface area (Å²) in [4.78, 5) is 26.3. The zero-order valence-corrected chi connectivity index (χ0v) is 21.5. The first-order valence-electron chi connectivity index (χ1n) is 12.4. The summed E-state index contributed by atoms with van der Waals surface area (Å²) in [6.45, 7) is 4.84. The third-order valence-electron chi connectivity index (χ3n) is 6.33. The molecule has 0 bridgehead atoms. The van der Waals surface area contributed by atoms with Crippen LogP contribution in [0.4, 0.5) is 0 Å². The summed E-state index contributed by atoms with van der Waals surface area (Å²) in [6, 6.07) is 15.7. The second kappa shape index (κ2) is 10.7. The van der Waals surface area contributed by atoms with Crippen LogP contribution in [0, 0.1) is 6.92 Å². The molecule has 0 spiro atoms. The zero-order chi connectivity index (χ0) is 25.9. The highest BCUT2D eigenvalue weighted by Crippen LogP contribution is 2.36. The van der Waals surface area contributed by atoms with Crippen LogP contribution in [0.5, 0.6) is 17.2 Å². The maximum absolute atomic E-state index is 13.7. The molecule has 6 nitrogen and oxygen atoms in total. The first-order valence-corrected chi connectivity index (χ1v) is 12.7. The lowest BCUT2D eigenvalue weighted by molar-refractivity contribution is 0.0921. The summed E-state index contributed by atoms with van der Waals surface area (Å²) in [5.74, 6) is 2.14. The normalized spacial score (nSPS) is 12.8. The molecule has 0 N–H and O–H groups in total. The number of ether oxygens (including phenoxy) is 3. The molecule has 1 aliphatic rings. The molecule has 1 aromatic heterocycles. The van der Waals surface area contributed by atoms with Gasteiger partial charge in [-0.3, -0.25) is 9.59 Å². The SMILES string of the molecule is CCCc1cc2c(=O)c(-c3ccc4c(c3)OCCCO4)c(C)oc2cc1OCC(=O)c1ccc(Cl)cc1. The van der Waals surface area contributed by atoms with Crippen molar-refractivity contribution >= 4 is 28.4 Å². The predicted molar refractivity (Wildman–Crippen MR) is 144 cm³/mol. The Kier molecular flexibility index (Phi) is 7.19. The molecule has 3 aromatic carbocycles. The van der Waals surface area contributed by atoms with Gasteiger partial charge in [0.15, 0.2) is 23.9 Å². The van der Waals surface area contributed by atoms with Crippen molar-refractivity contribution in [3.05, 3.63) is 86.7 Å². The largest absolute Gasteiger partial charge is 0.490 e. The molecule has 2 heterocycles. The number of hydrogen-bond donors (Lipinski definition) is 0. The van der Waals surface area contributed by atoms with Gasteiger partial charge in [0.1, 0.15) is 17.1 Å². The molecule has 0 fully saturated rings. The Labute approximate surface area is 219 Å². The van der Waals surface area contributed by atoms with E-state index in [4.69, 9.17) is 30.2 Å². The molecule has 1 aliphatic heterocycles. The fraction of sp³-hybridized carbons (Fsp3) is 0.267. The van der Waals surface area contributed by atoms with E-state index in [0.717, 1.165) is 18.4 Å². The summed E-state index contributed by atoms with van der Waals surface area (Å²) in [5.41, 5.74) is 2.84. The van der Waals surface area contributed by atoms with Crippen molar-refractivity contribution < 1.29 is 23.4 Å². The summed E-state index contributed by atoms with van der Waals surface area (Å²) in [6.07, 6.45) is 2.34. The molecule has 190 valence electrons. The van der Waals surface area contributed by atoms with Gasteiger partial charge in [0.25, 0.3) is 0 Å². The van der Waals surface area contributed by atoms with Crippen LogP contribution in [-0.2, 0) is 6.42 Å². The molecule has 7 heteroatoms. The Morgan fingerprint density at radius 2 is 1.76 bits per heavy atom. The van der Waals surface area contributed by atoms with Gasteiger partial charge in [-0.25, -0.2) is 0 Å². The fourth-order valence-electron chi connectivity index (χ4n) is 4.49. The van der Waals surface area contributed by atoms with E-state index in [0.29, 0.717) is 75.3 Å². The van der Waals surface area contributed by atoms with Crippen molar-refractivity contribution in [2.45, 2.75) is 33.1 Å². The summed E-state index contributed by atoms with van der Waals surface area (Å²) >= 11 is 5.92. The van der Waals surface area contributed by atoms with Gasteiger partial charge in [-0.05, 0) is 66.9 Å². The quantitative estimate of drug-likeness (QED) is 0.250. The number of carbonyl (C=O) groups excluding carboxylic acids is 1. The number of carbonyl (C=O) groups is 1. The highest BCUT2D eigenvalue weighted by Gasteiger charge is 2.19. The van der Waals surface area contributed by atoms with Crippen molar-refractivity contribution in [1.29, 1.82) is 0 Å². The maximum atomic E-state index is 13.7. The van der Waals surface area contributed by atoms with Crippen LogP contribution in [0.1, 0.15) is 41.4 Å². The van der Waals surface area contributed by atoms with Crippen LogP contribution < -0.4 is 19.6 Å². The lowest BCUT2D eigenvalue weighted by Gasteiger charge is -2.14. The minimum absolute atomic E-state index is 0.130. The Morgan fingerprint density at radius 1 is 1.00 bits per heavy atom. The lowest BCUT2D eigenvalue weighted by atomic mass is 10.00. The smallest absolute Gasteiger partial charge is 0.200 e. The van der Waals surface area contributed by atoms with Crippen LogP contribution in [0.2, 0.25) is 5.02 Å². The molecular weight excluding hydrogens is 492 g/mol. The average molecular weight is 519 g/mol. The number of hydrogen-bond acceptors (Lipinski definition) is 6. The van der Waals surface area contributed by atoms with E-state index in [1.54, 1.807) is 37.3 Å². The van der Waals surface area contributed by atoms with Crippen LogP contribution >= 0.6 is 11.6 Å². The maximum Gasteiger partial charge on any atom is 0.200 e. The van der Waals surface area contributed by atoms with E-state index in [1.165, 1.54) is 0 Å². The fourth-order valence-corrected chi connectivity index (χ4v) is 4.62. The Bertz CT molecular complexity index is 1520. The Morgan fingerprint density at radius 3 is 2.51 bits per heavy atom. The number of halogens is 1. The Hall–Kier alpha value is -3.77. The highest BCUT2D eigenvalue weighted by atomic mass is 35.5. The van der Waals surface area contributed by atoms with E-state index in [9.17, 15) is 9.59 Å². The van der Waals surface area contributed by atoms with Gasteiger partial charge in [0.2, 0.25) is 5.43 Å². The van der Waals surface area contributed by atoms with Crippen molar-refractivity contribution in [3.63, 3.8) is 0 Å². The molecule has 0 amide bonds. The monoisotopic (exact) mass is 518 g/mol. The van der Waals surface area contributed by atoms with Gasteiger partial charge in [-0.2, -0.15) is 0 Å². The first kappa shape index (κ1) is 24.9. The van der Waals surface area contributed by atoms with Crippen molar-refractivity contribution in [2.24, 2.45) is 0 Å². The van der Waals surface area contributed by atoms with Gasteiger partial charge >= 0.3 is 0 Å². The van der Waals surface area contributed by atoms with Crippen LogP contribution in [0.25, 0.3) is 22.1 Å². The van der Waals surface area contributed by atoms with Gasteiger partial charge < -0.3 is 18.6 Å². The lowest BCUT2D eigenvalue weighted by Crippen LogP contribution is -2.13. The molecule has 0 aliphatic carbocycles. The van der Waals surface area contributed by atoms with E-state index >= 15 is 0 Å². The molecule has 5 rings (SSSR count). The number of benzene rings is 3. The molecule has 0 radical (unpaired) electrons. The molecule has 4 aromatic rings. The number of ketones is 1. The number of fused-ring (bicyclic) bond motifs is 2. The average Bonchev–Trinajstić information content (AvgIpc) is 3.13. The summed E-state index contributed by atoms with van der Waals surface area (Å²) in [5, 5.41) is 1.03. The molecule has 0 saturated carbocycles. The van der Waals surface area contributed by atoms with Gasteiger partial charge in [-0.15, -0.1) is 0 Å².